The van der Waals surface area contributed by atoms with Gasteiger partial charge in [-0.25, -0.2) is 13.2 Å². The maximum atomic E-state index is 12.2. The van der Waals surface area contributed by atoms with Crippen molar-refractivity contribution in [3.63, 3.8) is 0 Å². The minimum Gasteiger partial charge on any atom is -0.480 e. The maximum absolute atomic E-state index is 12.2. The molecule has 2 unspecified atom stereocenters. The van der Waals surface area contributed by atoms with Crippen molar-refractivity contribution in [2.75, 3.05) is 18.1 Å². The van der Waals surface area contributed by atoms with Crippen molar-refractivity contribution in [1.82, 2.24) is 10.2 Å². The highest BCUT2D eigenvalue weighted by molar-refractivity contribution is 7.91. The molecule has 0 aromatic carbocycles. The molecule has 3 atom stereocenters. The molecular formula is C14H22N2O6S. The molecule has 0 bridgehead atoms. The number of amides is 2. The van der Waals surface area contributed by atoms with Gasteiger partial charge in [-0.1, -0.05) is 13.8 Å². The minimum absolute atomic E-state index is 0.00713. The number of likely N-dealkylation sites (tertiary alicyclic amines) is 1. The van der Waals surface area contributed by atoms with Gasteiger partial charge < -0.3 is 15.3 Å². The number of aliphatic carboxylic acids is 1. The number of carbonyl (C=O) groups excluding carboxylic acids is 2. The average molecular weight is 346 g/mol. The van der Waals surface area contributed by atoms with Crippen LogP contribution in [0.4, 0.5) is 0 Å². The van der Waals surface area contributed by atoms with Gasteiger partial charge in [0.05, 0.1) is 17.4 Å². The van der Waals surface area contributed by atoms with E-state index in [-0.39, 0.29) is 42.3 Å². The summed E-state index contributed by atoms with van der Waals surface area (Å²) < 4.78 is 23.1. The van der Waals surface area contributed by atoms with Gasteiger partial charge in [-0.2, -0.15) is 0 Å². The number of carboxylic acids is 1. The summed E-state index contributed by atoms with van der Waals surface area (Å²) in [6.45, 7) is 3.53. The Morgan fingerprint density at radius 2 is 2.00 bits per heavy atom. The molecule has 2 fully saturated rings. The molecular weight excluding hydrogens is 324 g/mol. The van der Waals surface area contributed by atoms with Gasteiger partial charge in [-0.3, -0.25) is 9.59 Å². The molecule has 2 heterocycles. The van der Waals surface area contributed by atoms with E-state index in [1.165, 1.54) is 4.90 Å². The van der Waals surface area contributed by atoms with Crippen LogP contribution in [0.5, 0.6) is 0 Å². The Balaban J connectivity index is 1.99. The number of nitrogens with one attached hydrogen (secondary N) is 1. The van der Waals surface area contributed by atoms with Crippen LogP contribution >= 0.6 is 0 Å². The monoisotopic (exact) mass is 346 g/mol. The normalized spacial score (nSPS) is 28.1. The lowest BCUT2D eigenvalue weighted by molar-refractivity contribution is -0.143. The Labute approximate surface area is 135 Å². The van der Waals surface area contributed by atoms with Gasteiger partial charge in [0.25, 0.3) is 0 Å². The Morgan fingerprint density at radius 1 is 1.35 bits per heavy atom. The summed E-state index contributed by atoms with van der Waals surface area (Å²) in [5.41, 5.74) is 0. The molecule has 0 aliphatic carbocycles. The zero-order chi connectivity index (χ0) is 17.4. The Kier molecular flexibility index (Phi) is 4.98. The van der Waals surface area contributed by atoms with Gasteiger partial charge in [0, 0.05) is 19.0 Å². The minimum atomic E-state index is -3.11. The third-order valence-corrected chi connectivity index (χ3v) is 6.16. The average Bonchev–Trinajstić information content (AvgIpc) is 2.97. The van der Waals surface area contributed by atoms with E-state index in [9.17, 15) is 22.8 Å². The van der Waals surface area contributed by atoms with Crippen molar-refractivity contribution in [2.45, 2.75) is 38.8 Å². The van der Waals surface area contributed by atoms with E-state index in [4.69, 9.17) is 5.11 Å². The second-order valence-corrected chi connectivity index (χ2v) is 8.80. The fourth-order valence-electron chi connectivity index (χ4n) is 3.07. The molecule has 0 aromatic rings. The Hall–Kier alpha value is -1.64. The van der Waals surface area contributed by atoms with Gasteiger partial charge in [0.15, 0.2) is 9.84 Å². The third kappa shape index (κ3) is 4.01. The molecule has 0 saturated carbocycles. The van der Waals surface area contributed by atoms with Crippen LogP contribution in [0.3, 0.4) is 0 Å². The van der Waals surface area contributed by atoms with Crippen LogP contribution in [0, 0.1) is 11.8 Å². The molecule has 130 valence electrons. The lowest BCUT2D eigenvalue weighted by Crippen LogP contribution is -2.47. The molecule has 2 amide bonds. The summed E-state index contributed by atoms with van der Waals surface area (Å²) in [6.07, 6.45) is 0.388. The van der Waals surface area contributed by atoms with E-state index in [0.717, 1.165) is 0 Å². The van der Waals surface area contributed by atoms with Crippen LogP contribution in [-0.2, 0) is 24.2 Å². The number of hydrogen-bond donors (Lipinski definition) is 2. The molecule has 0 spiro atoms. The zero-order valence-corrected chi connectivity index (χ0v) is 14.0. The molecule has 2 aliphatic heterocycles. The highest BCUT2D eigenvalue weighted by atomic mass is 32.2. The SMILES string of the molecule is CC(C)[C@H](NC(=O)C1CC(=O)N(C2CCS(=O)(=O)C2)C1)C(=O)O. The first kappa shape index (κ1) is 17.7. The molecule has 2 aliphatic rings. The van der Waals surface area contributed by atoms with Crippen LogP contribution in [0.15, 0.2) is 0 Å². The Morgan fingerprint density at radius 3 is 2.48 bits per heavy atom. The van der Waals surface area contributed by atoms with Gasteiger partial charge >= 0.3 is 5.97 Å². The number of nitrogens with zero attached hydrogens (tertiary/aromatic N) is 1. The van der Waals surface area contributed by atoms with Crippen molar-refractivity contribution < 1.29 is 27.9 Å². The first-order valence-electron chi connectivity index (χ1n) is 7.64. The van der Waals surface area contributed by atoms with Crippen LogP contribution < -0.4 is 5.32 Å². The molecule has 2 N–H and O–H groups in total. The highest BCUT2D eigenvalue weighted by Gasteiger charge is 2.42. The van der Waals surface area contributed by atoms with Crippen LogP contribution in [0.25, 0.3) is 0 Å². The molecule has 2 rings (SSSR count). The summed E-state index contributed by atoms with van der Waals surface area (Å²) in [5.74, 6) is -2.73. The summed E-state index contributed by atoms with van der Waals surface area (Å²) >= 11 is 0. The zero-order valence-electron chi connectivity index (χ0n) is 13.2. The fraction of sp³-hybridized carbons (Fsp3) is 0.786. The first-order chi connectivity index (χ1) is 10.6. The molecule has 23 heavy (non-hydrogen) atoms. The molecule has 2 saturated heterocycles. The second-order valence-electron chi connectivity index (χ2n) is 6.57. The van der Waals surface area contributed by atoms with E-state index in [1.807, 2.05) is 0 Å². The highest BCUT2D eigenvalue weighted by Crippen LogP contribution is 2.26. The first-order valence-corrected chi connectivity index (χ1v) is 9.46. The summed E-state index contributed by atoms with van der Waals surface area (Å²) in [5, 5.41) is 11.6. The second kappa shape index (κ2) is 6.46. The van der Waals surface area contributed by atoms with Crippen molar-refractivity contribution >= 4 is 27.6 Å². The van der Waals surface area contributed by atoms with Gasteiger partial charge in [-0.05, 0) is 12.3 Å². The number of carboxylic acid groups (broad SMARTS) is 1. The smallest absolute Gasteiger partial charge is 0.326 e. The standard InChI is InChI=1S/C14H22N2O6S/c1-8(2)12(14(19)20)15-13(18)9-5-11(17)16(6-9)10-3-4-23(21,22)7-10/h8-10,12H,3-7H2,1-2H3,(H,15,18)(H,19,20)/t9?,10?,12-/m0/s1. The van der Waals surface area contributed by atoms with Gasteiger partial charge in [0.2, 0.25) is 11.8 Å². The fourth-order valence-corrected chi connectivity index (χ4v) is 4.80. The van der Waals surface area contributed by atoms with E-state index in [0.29, 0.717) is 6.42 Å². The van der Waals surface area contributed by atoms with Crippen molar-refractivity contribution in [3.05, 3.63) is 0 Å². The van der Waals surface area contributed by atoms with Crippen molar-refractivity contribution in [1.29, 1.82) is 0 Å². The largest absolute Gasteiger partial charge is 0.480 e. The van der Waals surface area contributed by atoms with E-state index in [1.54, 1.807) is 13.8 Å². The van der Waals surface area contributed by atoms with Gasteiger partial charge in [-0.15, -0.1) is 0 Å². The number of hydrogen-bond acceptors (Lipinski definition) is 5. The lowest BCUT2D eigenvalue weighted by Gasteiger charge is -2.23. The van der Waals surface area contributed by atoms with E-state index < -0.39 is 33.7 Å². The van der Waals surface area contributed by atoms with Crippen molar-refractivity contribution in [3.8, 4) is 0 Å². The molecule has 8 nitrogen and oxygen atoms in total. The van der Waals surface area contributed by atoms with Crippen molar-refractivity contribution in [2.24, 2.45) is 11.8 Å². The summed E-state index contributed by atoms with van der Waals surface area (Å²) in [4.78, 5) is 36.9. The maximum Gasteiger partial charge on any atom is 0.326 e. The summed E-state index contributed by atoms with van der Waals surface area (Å²) in [7, 11) is -3.11. The van der Waals surface area contributed by atoms with Crippen LogP contribution in [0.1, 0.15) is 26.7 Å². The topological polar surface area (TPSA) is 121 Å². The predicted molar refractivity (Wildman–Crippen MR) is 81.3 cm³/mol. The quantitative estimate of drug-likeness (QED) is 0.675. The predicted octanol–water partition coefficient (Wildman–Crippen LogP) is -0.753. The lowest BCUT2D eigenvalue weighted by atomic mass is 10.0. The van der Waals surface area contributed by atoms with E-state index >= 15 is 0 Å². The molecule has 0 aromatic heterocycles. The number of carbonyl (C=O) groups is 3. The van der Waals surface area contributed by atoms with E-state index in [2.05, 4.69) is 5.32 Å². The van der Waals surface area contributed by atoms with Crippen LogP contribution in [-0.4, -0.2) is 66.3 Å². The Bertz CT molecular complexity index is 615. The van der Waals surface area contributed by atoms with Crippen LogP contribution in [0.2, 0.25) is 0 Å². The molecule has 9 heteroatoms. The number of sulfone groups is 1. The van der Waals surface area contributed by atoms with Gasteiger partial charge in [0.1, 0.15) is 6.04 Å². The number of rotatable bonds is 5. The summed E-state index contributed by atoms with van der Waals surface area (Å²) in [6, 6.07) is -1.37. The third-order valence-electron chi connectivity index (χ3n) is 4.41. The molecule has 0 radical (unpaired) electrons.